The smallest absolute Gasteiger partial charge is 0.123 e. The van der Waals surface area contributed by atoms with E-state index in [1.165, 1.54) is 6.07 Å². The molecule has 1 aromatic heterocycles. The summed E-state index contributed by atoms with van der Waals surface area (Å²) >= 11 is 11.1. The first kappa shape index (κ1) is 15.0. The van der Waals surface area contributed by atoms with Gasteiger partial charge in [-0.25, -0.2) is 4.39 Å². The molecule has 0 saturated carbocycles. The molecule has 2 rings (SSSR count). The molecule has 5 heteroatoms. The molecule has 0 radical (unpaired) electrons. The fourth-order valence-corrected chi connectivity index (χ4v) is 3.71. The van der Waals surface area contributed by atoms with Crippen LogP contribution in [0.3, 0.4) is 0 Å². The Hall–Kier alpha value is -0.420. The maximum Gasteiger partial charge on any atom is 0.123 e. The van der Waals surface area contributed by atoms with Gasteiger partial charge in [0.15, 0.2) is 0 Å². The van der Waals surface area contributed by atoms with Gasteiger partial charge in [-0.15, -0.1) is 11.3 Å². The minimum Gasteiger partial charge on any atom is -0.306 e. The molecule has 0 fully saturated rings. The van der Waals surface area contributed by atoms with E-state index < -0.39 is 0 Å². The van der Waals surface area contributed by atoms with Gasteiger partial charge in [0.05, 0.1) is 14.9 Å². The maximum atomic E-state index is 13.4. The van der Waals surface area contributed by atoms with Gasteiger partial charge in [-0.1, -0.05) is 30.7 Å². The molecule has 1 heterocycles. The zero-order valence-corrected chi connectivity index (χ0v) is 13.6. The first-order chi connectivity index (χ1) is 9.11. The summed E-state index contributed by atoms with van der Waals surface area (Å²) in [7, 11) is 0. The summed E-state index contributed by atoms with van der Waals surface area (Å²) in [6.45, 7) is 2.97. The summed E-state index contributed by atoms with van der Waals surface area (Å²) in [5.74, 6) is -0.220. The number of nitrogens with one attached hydrogen (secondary N) is 1. The molecule has 0 aliphatic heterocycles. The largest absolute Gasteiger partial charge is 0.306 e. The maximum absolute atomic E-state index is 13.4. The Balaban J connectivity index is 2.35. The van der Waals surface area contributed by atoms with Crippen molar-refractivity contribution in [3.8, 4) is 0 Å². The molecule has 1 atom stereocenters. The zero-order chi connectivity index (χ0) is 13.8. The SMILES string of the molecule is CCCNC(c1cccc(F)c1)c1cc(Cl)c(Br)s1. The van der Waals surface area contributed by atoms with Gasteiger partial charge in [-0.3, -0.25) is 0 Å². The van der Waals surface area contributed by atoms with Crippen molar-refractivity contribution in [2.75, 3.05) is 6.54 Å². The van der Waals surface area contributed by atoms with Crippen molar-refractivity contribution in [3.05, 3.63) is 55.4 Å². The normalized spacial score (nSPS) is 12.6. The number of hydrogen-bond donors (Lipinski definition) is 1. The van der Waals surface area contributed by atoms with Crippen molar-refractivity contribution in [1.82, 2.24) is 5.32 Å². The molecule has 1 N–H and O–H groups in total. The van der Waals surface area contributed by atoms with Crippen LogP contribution in [0.2, 0.25) is 5.02 Å². The second-order valence-electron chi connectivity index (χ2n) is 4.21. The molecule has 0 bridgehead atoms. The van der Waals surface area contributed by atoms with E-state index in [2.05, 4.69) is 28.2 Å². The van der Waals surface area contributed by atoms with E-state index in [1.807, 2.05) is 12.1 Å². The van der Waals surface area contributed by atoms with E-state index in [0.29, 0.717) is 5.02 Å². The molecule has 0 aliphatic rings. The van der Waals surface area contributed by atoms with E-state index in [1.54, 1.807) is 23.5 Å². The lowest BCUT2D eigenvalue weighted by molar-refractivity contribution is 0.591. The Kier molecular flexibility index (Phi) is 5.39. The van der Waals surface area contributed by atoms with E-state index in [0.717, 1.165) is 27.2 Å². The first-order valence-electron chi connectivity index (χ1n) is 6.05. The van der Waals surface area contributed by atoms with Gasteiger partial charge < -0.3 is 5.32 Å². The summed E-state index contributed by atoms with van der Waals surface area (Å²) in [6, 6.07) is 8.58. The lowest BCUT2D eigenvalue weighted by atomic mass is 10.1. The highest BCUT2D eigenvalue weighted by molar-refractivity contribution is 9.11. The average molecular weight is 363 g/mol. The summed E-state index contributed by atoms with van der Waals surface area (Å²) in [6.07, 6.45) is 1.02. The van der Waals surface area contributed by atoms with Crippen LogP contribution < -0.4 is 5.32 Å². The molecular formula is C14H14BrClFNS. The number of halogens is 3. The van der Waals surface area contributed by atoms with Crippen LogP contribution in [0, 0.1) is 5.82 Å². The van der Waals surface area contributed by atoms with Gasteiger partial charge in [-0.05, 0) is 52.7 Å². The third-order valence-corrected chi connectivity index (χ3v) is 5.27. The van der Waals surface area contributed by atoms with Crippen LogP contribution >= 0.6 is 38.9 Å². The standard InChI is InChI=1S/C14H14BrClFNS/c1-2-6-18-13(9-4-3-5-10(17)7-9)12-8-11(16)14(15)19-12/h3-5,7-8,13,18H,2,6H2,1H3. The van der Waals surface area contributed by atoms with Gasteiger partial charge in [-0.2, -0.15) is 0 Å². The first-order valence-corrected chi connectivity index (χ1v) is 8.04. The third-order valence-electron chi connectivity index (χ3n) is 2.73. The Labute approximate surface area is 129 Å². The second-order valence-corrected chi connectivity index (χ2v) is 7.02. The number of rotatable bonds is 5. The molecule has 0 aliphatic carbocycles. The molecule has 102 valence electrons. The van der Waals surface area contributed by atoms with E-state index in [4.69, 9.17) is 11.6 Å². The number of hydrogen-bond acceptors (Lipinski definition) is 2. The fraction of sp³-hybridized carbons (Fsp3) is 0.286. The van der Waals surface area contributed by atoms with Crippen LogP contribution in [0.5, 0.6) is 0 Å². The van der Waals surface area contributed by atoms with Crippen LogP contribution in [0.1, 0.15) is 29.8 Å². The van der Waals surface area contributed by atoms with Crippen LogP contribution in [-0.2, 0) is 0 Å². The van der Waals surface area contributed by atoms with E-state index in [9.17, 15) is 4.39 Å². The second kappa shape index (κ2) is 6.84. The molecule has 0 saturated heterocycles. The summed E-state index contributed by atoms with van der Waals surface area (Å²) in [4.78, 5) is 1.08. The Bertz CT molecular complexity index is 539. The van der Waals surface area contributed by atoms with Crippen molar-refractivity contribution in [2.45, 2.75) is 19.4 Å². The van der Waals surface area contributed by atoms with Crippen molar-refractivity contribution >= 4 is 38.9 Å². The van der Waals surface area contributed by atoms with Gasteiger partial charge in [0, 0.05) is 4.88 Å². The number of benzene rings is 1. The lowest BCUT2D eigenvalue weighted by Crippen LogP contribution is -2.22. The van der Waals surface area contributed by atoms with Gasteiger partial charge in [0.1, 0.15) is 5.82 Å². The molecule has 2 aromatic rings. The minimum absolute atomic E-state index is 0.0237. The highest BCUT2D eigenvalue weighted by atomic mass is 79.9. The third kappa shape index (κ3) is 3.78. The molecule has 0 spiro atoms. The van der Waals surface area contributed by atoms with Crippen LogP contribution in [-0.4, -0.2) is 6.54 Å². The summed E-state index contributed by atoms with van der Waals surface area (Å²) < 4.78 is 14.3. The van der Waals surface area contributed by atoms with Crippen molar-refractivity contribution in [1.29, 1.82) is 0 Å². The predicted octanol–water partition coefficient (Wildman–Crippen LogP) is 5.39. The molecular weight excluding hydrogens is 349 g/mol. The van der Waals surface area contributed by atoms with E-state index in [-0.39, 0.29) is 11.9 Å². The zero-order valence-electron chi connectivity index (χ0n) is 10.4. The molecule has 1 unspecified atom stereocenters. The lowest BCUT2D eigenvalue weighted by Gasteiger charge is -2.17. The van der Waals surface area contributed by atoms with Gasteiger partial charge in [0.2, 0.25) is 0 Å². The Morgan fingerprint density at radius 3 is 2.79 bits per heavy atom. The molecule has 1 nitrogen and oxygen atoms in total. The molecule has 19 heavy (non-hydrogen) atoms. The quantitative estimate of drug-likeness (QED) is 0.751. The summed E-state index contributed by atoms with van der Waals surface area (Å²) in [5, 5.41) is 4.13. The highest BCUT2D eigenvalue weighted by Crippen LogP contribution is 2.37. The van der Waals surface area contributed by atoms with Crippen molar-refractivity contribution in [3.63, 3.8) is 0 Å². The van der Waals surface area contributed by atoms with Crippen LogP contribution in [0.4, 0.5) is 4.39 Å². The Morgan fingerprint density at radius 1 is 1.42 bits per heavy atom. The van der Waals surface area contributed by atoms with Gasteiger partial charge in [0.25, 0.3) is 0 Å². The molecule has 0 amide bonds. The average Bonchev–Trinajstić information content (AvgIpc) is 2.70. The number of thiophene rings is 1. The predicted molar refractivity (Wildman–Crippen MR) is 83.6 cm³/mol. The highest BCUT2D eigenvalue weighted by Gasteiger charge is 2.17. The van der Waals surface area contributed by atoms with Crippen molar-refractivity contribution < 1.29 is 4.39 Å². The topological polar surface area (TPSA) is 12.0 Å². The van der Waals surface area contributed by atoms with Gasteiger partial charge >= 0.3 is 0 Å². The van der Waals surface area contributed by atoms with Crippen molar-refractivity contribution in [2.24, 2.45) is 0 Å². The fourth-order valence-electron chi connectivity index (χ4n) is 1.86. The summed E-state index contributed by atoms with van der Waals surface area (Å²) in [5.41, 5.74) is 0.916. The monoisotopic (exact) mass is 361 g/mol. The molecule has 1 aromatic carbocycles. The Morgan fingerprint density at radius 2 is 2.21 bits per heavy atom. The van der Waals surface area contributed by atoms with Crippen LogP contribution in [0.15, 0.2) is 34.1 Å². The van der Waals surface area contributed by atoms with E-state index >= 15 is 0 Å². The van der Waals surface area contributed by atoms with Crippen LogP contribution in [0.25, 0.3) is 0 Å². The minimum atomic E-state index is -0.220.